The van der Waals surface area contributed by atoms with Gasteiger partial charge in [0.05, 0.1) is 34.5 Å². The topological polar surface area (TPSA) is 136 Å². The Morgan fingerprint density at radius 2 is 1.12 bits per heavy atom. The second-order valence-electron chi connectivity index (χ2n) is 15.3. The van der Waals surface area contributed by atoms with Crippen molar-refractivity contribution in [1.82, 2.24) is 45.2 Å². The lowest BCUT2D eigenvalue weighted by molar-refractivity contribution is -0.126. The van der Waals surface area contributed by atoms with E-state index in [0.717, 1.165) is 88.9 Å². The van der Waals surface area contributed by atoms with E-state index >= 15 is 0 Å². The lowest BCUT2D eigenvalue weighted by Crippen LogP contribution is -2.48. The number of rotatable bonds is 7. The van der Waals surface area contributed by atoms with Crippen molar-refractivity contribution in [3.63, 3.8) is 0 Å². The number of anilines is 2. The van der Waals surface area contributed by atoms with Crippen molar-refractivity contribution in [2.45, 2.75) is 46.0 Å². The van der Waals surface area contributed by atoms with Gasteiger partial charge in [-0.15, -0.1) is 0 Å². The minimum atomic E-state index is -0.0155. The van der Waals surface area contributed by atoms with Crippen LogP contribution in [0.2, 0.25) is 0 Å². The molecule has 0 saturated carbocycles. The zero-order chi connectivity index (χ0) is 39.6. The van der Waals surface area contributed by atoms with Crippen molar-refractivity contribution in [3.05, 3.63) is 132 Å². The third-order valence-electron chi connectivity index (χ3n) is 11.9. The fourth-order valence-electron chi connectivity index (χ4n) is 8.65. The van der Waals surface area contributed by atoms with Crippen LogP contribution in [0.4, 0.5) is 11.6 Å². The first kappa shape index (κ1) is 36.9. The molecule has 1 amide bonds. The van der Waals surface area contributed by atoms with Crippen molar-refractivity contribution in [2.75, 3.05) is 49.1 Å². The number of nitrogens with one attached hydrogen (secondary N) is 2. The van der Waals surface area contributed by atoms with Gasteiger partial charge in [0.15, 0.2) is 0 Å². The SMILES string of the molecule is C=CC(=O)N1CCN(c2ncnc3c(Cc4c(C)ccc5[nH]ncc45)cccc23)CC1.Cc1ccc2[nH]ncc2c1Cc1cccc2c(N3CCCCC3)ncnc12. The maximum absolute atomic E-state index is 11.9. The third-order valence-corrected chi connectivity index (χ3v) is 11.9. The number of nitrogens with zero attached hydrogens (tertiary/aromatic N) is 9. The van der Waals surface area contributed by atoms with Crippen LogP contribution in [0.25, 0.3) is 43.6 Å². The first-order valence-corrected chi connectivity index (χ1v) is 20.2. The predicted molar refractivity (Wildman–Crippen MR) is 231 cm³/mol. The summed E-state index contributed by atoms with van der Waals surface area (Å²) in [5, 5.41) is 19.1. The van der Waals surface area contributed by atoms with Crippen LogP contribution >= 0.6 is 0 Å². The van der Waals surface area contributed by atoms with E-state index in [2.05, 4.69) is 131 Å². The molecule has 4 aromatic heterocycles. The van der Waals surface area contributed by atoms with Crippen LogP contribution in [0, 0.1) is 13.8 Å². The van der Waals surface area contributed by atoms with Gasteiger partial charge in [0, 0.05) is 73.7 Å². The smallest absolute Gasteiger partial charge is 0.246 e. The van der Waals surface area contributed by atoms with E-state index in [1.54, 1.807) is 12.7 Å². The lowest BCUT2D eigenvalue weighted by Gasteiger charge is -2.35. The molecule has 2 saturated heterocycles. The van der Waals surface area contributed by atoms with E-state index in [4.69, 9.17) is 0 Å². The van der Waals surface area contributed by atoms with Crippen LogP contribution in [0.15, 0.2) is 98.4 Å². The maximum atomic E-state index is 11.9. The summed E-state index contributed by atoms with van der Waals surface area (Å²) in [7, 11) is 0. The van der Waals surface area contributed by atoms with Gasteiger partial charge in [-0.3, -0.25) is 15.0 Å². The second-order valence-corrected chi connectivity index (χ2v) is 15.3. The number of fused-ring (bicyclic) bond motifs is 4. The van der Waals surface area contributed by atoms with Gasteiger partial charge in [-0.1, -0.05) is 43.0 Å². The van der Waals surface area contributed by atoms with Crippen LogP contribution in [0.5, 0.6) is 0 Å². The molecule has 6 heterocycles. The number of benzene rings is 4. The Kier molecular flexibility index (Phi) is 10.2. The van der Waals surface area contributed by atoms with Gasteiger partial charge < -0.3 is 14.7 Å². The van der Waals surface area contributed by atoms with E-state index in [0.29, 0.717) is 13.1 Å². The molecule has 0 radical (unpaired) electrons. The van der Waals surface area contributed by atoms with Crippen molar-refractivity contribution in [1.29, 1.82) is 0 Å². The molecule has 2 N–H and O–H groups in total. The Balaban J connectivity index is 0.000000152. The van der Waals surface area contributed by atoms with Crippen LogP contribution in [-0.4, -0.2) is 90.4 Å². The van der Waals surface area contributed by atoms with Gasteiger partial charge in [-0.05, 0) is 96.8 Å². The number of carbonyl (C=O) groups excluding carboxylic acids is 1. The molecule has 2 aliphatic heterocycles. The second kappa shape index (κ2) is 16.0. The molecule has 10 rings (SSSR count). The number of amides is 1. The third kappa shape index (κ3) is 7.10. The largest absolute Gasteiger partial charge is 0.356 e. The van der Waals surface area contributed by atoms with Crippen molar-refractivity contribution < 1.29 is 4.79 Å². The lowest BCUT2D eigenvalue weighted by atomic mass is 9.96. The highest BCUT2D eigenvalue weighted by atomic mass is 16.2. The van der Waals surface area contributed by atoms with Crippen LogP contribution < -0.4 is 9.80 Å². The number of para-hydroxylation sites is 2. The van der Waals surface area contributed by atoms with Gasteiger partial charge in [0.25, 0.3) is 0 Å². The quantitative estimate of drug-likeness (QED) is 0.157. The summed E-state index contributed by atoms with van der Waals surface area (Å²) < 4.78 is 0. The zero-order valence-electron chi connectivity index (χ0n) is 33.1. The summed E-state index contributed by atoms with van der Waals surface area (Å²) >= 11 is 0. The maximum Gasteiger partial charge on any atom is 0.246 e. The summed E-state index contributed by atoms with van der Waals surface area (Å²) in [5.41, 5.74) is 11.7. The highest BCUT2D eigenvalue weighted by molar-refractivity contribution is 5.94. The molecule has 12 nitrogen and oxygen atoms in total. The van der Waals surface area contributed by atoms with Gasteiger partial charge in [-0.2, -0.15) is 10.2 Å². The van der Waals surface area contributed by atoms with E-state index in [9.17, 15) is 4.79 Å². The Hall–Kier alpha value is -6.69. The van der Waals surface area contributed by atoms with E-state index < -0.39 is 0 Å². The standard InChI is InChI=1S/C24H24N6O.C22H23N5/c1-3-22(31)29-9-11-30(12-10-29)24-18-6-4-5-17(23(18)25-15-26-24)13-19-16(2)7-8-21-20(19)14-27-28-21;1-15-8-9-20-19(13-25-26-20)18(15)12-16-6-5-7-17-21(16)23-14-24-22(17)27-10-3-2-4-11-27/h3-8,14-15H,1,9-13H2,2H3,(H,27,28);5-9,13-14H,2-4,10-12H2,1H3,(H,25,26). The summed E-state index contributed by atoms with van der Waals surface area (Å²) in [6.07, 6.45) is 14.0. The summed E-state index contributed by atoms with van der Waals surface area (Å²) in [6, 6.07) is 21.2. The molecule has 0 aliphatic carbocycles. The van der Waals surface area contributed by atoms with Gasteiger partial charge in [0.2, 0.25) is 5.91 Å². The van der Waals surface area contributed by atoms with Crippen molar-refractivity contribution in [2.24, 2.45) is 0 Å². The molecule has 0 atom stereocenters. The molecular formula is C46H47N11O. The number of hydrogen-bond acceptors (Lipinski definition) is 9. The number of hydrogen-bond donors (Lipinski definition) is 2. The molecule has 2 fully saturated rings. The molecule has 292 valence electrons. The number of H-pyrrole nitrogens is 2. The predicted octanol–water partition coefficient (Wildman–Crippen LogP) is 7.64. The van der Waals surface area contributed by atoms with Gasteiger partial charge in [-0.25, -0.2) is 19.9 Å². The average molecular weight is 770 g/mol. The molecular weight excluding hydrogens is 723 g/mol. The normalized spacial score (nSPS) is 14.6. The van der Waals surface area contributed by atoms with Gasteiger partial charge >= 0.3 is 0 Å². The molecule has 0 spiro atoms. The molecule has 8 aromatic rings. The highest BCUT2D eigenvalue weighted by Crippen LogP contribution is 2.32. The molecule has 0 unspecified atom stereocenters. The summed E-state index contributed by atoms with van der Waals surface area (Å²) in [4.78, 5) is 36.9. The van der Waals surface area contributed by atoms with Gasteiger partial charge in [0.1, 0.15) is 24.3 Å². The molecule has 4 aromatic carbocycles. The van der Waals surface area contributed by atoms with E-state index in [1.807, 2.05) is 17.3 Å². The molecule has 12 heteroatoms. The Labute approximate surface area is 337 Å². The Morgan fingerprint density at radius 1 is 0.621 bits per heavy atom. The monoisotopic (exact) mass is 769 g/mol. The Morgan fingerprint density at radius 3 is 1.62 bits per heavy atom. The Bertz CT molecular complexity index is 2770. The molecule has 0 bridgehead atoms. The van der Waals surface area contributed by atoms with Crippen LogP contribution in [-0.2, 0) is 17.6 Å². The minimum Gasteiger partial charge on any atom is -0.356 e. The molecule has 58 heavy (non-hydrogen) atoms. The number of piperidine rings is 1. The first-order chi connectivity index (χ1) is 28.5. The number of aromatic amines is 2. The van der Waals surface area contributed by atoms with E-state index in [-0.39, 0.29) is 5.91 Å². The summed E-state index contributed by atoms with van der Waals surface area (Å²) in [5.74, 6) is 1.99. The number of carbonyl (C=O) groups is 1. The van der Waals surface area contributed by atoms with Crippen LogP contribution in [0.1, 0.15) is 52.6 Å². The van der Waals surface area contributed by atoms with Crippen molar-refractivity contribution in [3.8, 4) is 0 Å². The fourth-order valence-corrected chi connectivity index (χ4v) is 8.65. The van der Waals surface area contributed by atoms with Crippen molar-refractivity contribution >= 4 is 61.2 Å². The zero-order valence-corrected chi connectivity index (χ0v) is 33.1. The highest BCUT2D eigenvalue weighted by Gasteiger charge is 2.23. The average Bonchev–Trinajstić information content (AvgIpc) is 3.96. The minimum absolute atomic E-state index is 0.0155. The first-order valence-electron chi connectivity index (χ1n) is 20.2. The number of aromatic nitrogens is 8. The van der Waals surface area contributed by atoms with E-state index in [1.165, 1.54) is 64.1 Å². The fraction of sp³-hybridized carbons (Fsp3) is 0.283. The number of piperazine rings is 1. The summed E-state index contributed by atoms with van der Waals surface area (Å²) in [6.45, 7) is 12.9. The number of aryl methyl sites for hydroxylation is 2. The van der Waals surface area contributed by atoms with Crippen LogP contribution in [0.3, 0.4) is 0 Å². The molecule has 2 aliphatic rings.